The minimum atomic E-state index is -0.280. The molecule has 2 N–H and O–H groups in total. The van der Waals surface area contributed by atoms with Gasteiger partial charge in [0.15, 0.2) is 0 Å². The van der Waals surface area contributed by atoms with E-state index < -0.39 is 0 Å². The summed E-state index contributed by atoms with van der Waals surface area (Å²) in [5, 5.41) is 7.51. The highest BCUT2D eigenvalue weighted by Crippen LogP contribution is 2.44. The van der Waals surface area contributed by atoms with Crippen LogP contribution in [0, 0.1) is 11.8 Å². The molecule has 1 saturated carbocycles. The van der Waals surface area contributed by atoms with Gasteiger partial charge in [-0.1, -0.05) is 24.8 Å². The second-order valence-electron chi connectivity index (χ2n) is 12.5. The summed E-state index contributed by atoms with van der Waals surface area (Å²) in [6, 6.07) is 12.8. The number of hydrogen-bond donors (Lipinski definition) is 2. The number of benzene rings is 2. The number of nitrogens with zero attached hydrogens (tertiary/aromatic N) is 6. The number of rotatable bonds is 9. The van der Waals surface area contributed by atoms with Gasteiger partial charge < -0.3 is 34.2 Å². The third kappa shape index (κ3) is 5.06. The normalized spacial score (nSPS) is 19.4. The van der Waals surface area contributed by atoms with Crippen molar-refractivity contribution < 1.29 is 13.9 Å². The summed E-state index contributed by atoms with van der Waals surface area (Å²) < 4.78 is 14.0. The third-order valence-corrected chi connectivity index (χ3v) is 9.40. The SMILES string of the molecule is C=CC(=O)Nc1cc(Nc2ncc(-c3ncco3)c(-c3cn(C4CC4)c4ccccc34)n2)c(OC)cc1N1CC2CN(C)CC2C1. The molecule has 2 unspecified atom stereocenters. The molecule has 1 amide bonds. The van der Waals surface area contributed by atoms with Crippen LogP contribution >= 0.6 is 0 Å². The van der Waals surface area contributed by atoms with Crippen molar-refractivity contribution in [1.29, 1.82) is 0 Å². The molecule has 8 rings (SSSR count). The summed E-state index contributed by atoms with van der Waals surface area (Å²) in [7, 11) is 3.82. The van der Waals surface area contributed by atoms with Crippen LogP contribution in [0.5, 0.6) is 5.75 Å². The topological polar surface area (TPSA) is 114 Å². The van der Waals surface area contributed by atoms with Crippen molar-refractivity contribution in [2.75, 3.05) is 55.9 Å². The smallest absolute Gasteiger partial charge is 0.247 e. The number of carbonyl (C=O) groups excluding carboxylic acids is 1. The van der Waals surface area contributed by atoms with Crippen LogP contribution in [-0.4, -0.2) is 70.7 Å². The molecule has 3 aromatic heterocycles. The van der Waals surface area contributed by atoms with Crippen molar-refractivity contribution in [1.82, 2.24) is 24.4 Å². The Kier molecular flexibility index (Phi) is 6.97. The molecule has 0 spiro atoms. The maximum Gasteiger partial charge on any atom is 0.247 e. The molecule has 2 atom stereocenters. The summed E-state index contributed by atoms with van der Waals surface area (Å²) in [6.07, 6.45) is 10.7. The first-order valence-corrected chi connectivity index (χ1v) is 15.7. The van der Waals surface area contributed by atoms with Crippen LogP contribution in [0.4, 0.5) is 23.0 Å². The molecule has 3 aliphatic rings. The fourth-order valence-corrected chi connectivity index (χ4v) is 7.13. The zero-order chi connectivity index (χ0) is 31.4. The van der Waals surface area contributed by atoms with E-state index >= 15 is 0 Å². The number of ether oxygens (including phenoxy) is 1. The maximum absolute atomic E-state index is 12.6. The number of aromatic nitrogens is 4. The van der Waals surface area contributed by atoms with Crippen molar-refractivity contribution in [2.24, 2.45) is 11.8 Å². The van der Waals surface area contributed by atoms with Gasteiger partial charge >= 0.3 is 0 Å². The molecule has 2 aromatic carbocycles. The fraction of sp³-hybridized carbons (Fsp3) is 0.314. The van der Waals surface area contributed by atoms with Gasteiger partial charge in [0.1, 0.15) is 12.0 Å². The van der Waals surface area contributed by atoms with E-state index in [1.54, 1.807) is 25.8 Å². The number of fused-ring (bicyclic) bond motifs is 2. The van der Waals surface area contributed by atoms with E-state index in [4.69, 9.17) is 14.1 Å². The van der Waals surface area contributed by atoms with E-state index in [-0.39, 0.29) is 5.91 Å². The van der Waals surface area contributed by atoms with Crippen LogP contribution in [0.25, 0.3) is 33.6 Å². The Bertz CT molecular complexity index is 1930. The zero-order valence-corrected chi connectivity index (χ0v) is 25.9. The van der Waals surface area contributed by atoms with Crippen molar-refractivity contribution in [3.63, 3.8) is 0 Å². The summed E-state index contributed by atoms with van der Waals surface area (Å²) >= 11 is 0. The van der Waals surface area contributed by atoms with Gasteiger partial charge in [-0.3, -0.25) is 4.79 Å². The second-order valence-corrected chi connectivity index (χ2v) is 12.5. The molecule has 5 heterocycles. The van der Waals surface area contributed by atoms with Crippen molar-refractivity contribution in [2.45, 2.75) is 18.9 Å². The molecule has 0 bridgehead atoms. The first-order chi connectivity index (χ1) is 22.5. The number of anilines is 4. The first kappa shape index (κ1) is 28.3. The molecule has 11 nitrogen and oxygen atoms in total. The Hall–Kier alpha value is -5.16. The lowest BCUT2D eigenvalue weighted by atomic mass is 10.0. The Morgan fingerprint density at radius 2 is 1.87 bits per heavy atom. The van der Waals surface area contributed by atoms with Crippen molar-refractivity contribution >= 4 is 39.8 Å². The van der Waals surface area contributed by atoms with E-state index in [9.17, 15) is 4.79 Å². The Morgan fingerprint density at radius 3 is 2.59 bits per heavy atom. The molecular weight excluding hydrogens is 580 g/mol. The lowest BCUT2D eigenvalue weighted by molar-refractivity contribution is -0.111. The van der Waals surface area contributed by atoms with Gasteiger partial charge in [0.05, 0.1) is 41.6 Å². The third-order valence-electron chi connectivity index (χ3n) is 9.40. The predicted molar refractivity (Wildman–Crippen MR) is 179 cm³/mol. The van der Waals surface area contributed by atoms with Crippen LogP contribution in [0.3, 0.4) is 0 Å². The average molecular weight is 617 g/mol. The standard InChI is InChI=1S/C35H36N8O3/c1-4-32(44)38-27-13-28(31(45-3)14-30(27)42-18-21-16-41(2)17-22(21)19-42)39-35-37-15-25(34-36-11-12-46-34)33(40-35)26-20-43(23-9-10-23)29-8-6-5-7-24(26)29/h4-8,11-15,20-23H,1,9-10,16-19H2,2-3H3,(H,38,44)(H,37,39,40). The van der Waals surface area contributed by atoms with Crippen LogP contribution in [0.15, 0.2) is 78.3 Å². The average Bonchev–Trinajstić information content (AvgIpc) is 3.36. The van der Waals surface area contributed by atoms with Crippen LogP contribution in [0.2, 0.25) is 0 Å². The van der Waals surface area contributed by atoms with Gasteiger partial charge in [-0.2, -0.15) is 0 Å². The predicted octanol–water partition coefficient (Wildman–Crippen LogP) is 5.96. The van der Waals surface area contributed by atoms with E-state index in [1.165, 1.54) is 11.6 Å². The van der Waals surface area contributed by atoms with Crippen molar-refractivity contribution in [3.05, 3.63) is 73.9 Å². The number of nitrogens with one attached hydrogen (secondary N) is 2. The molecule has 0 radical (unpaired) electrons. The highest BCUT2D eigenvalue weighted by molar-refractivity contribution is 6.02. The fourth-order valence-electron chi connectivity index (χ4n) is 7.13. The molecule has 234 valence electrons. The molecule has 2 aliphatic heterocycles. The van der Waals surface area contributed by atoms with Gasteiger partial charge in [-0.25, -0.2) is 15.0 Å². The Labute approximate surface area is 266 Å². The minimum absolute atomic E-state index is 0.280. The quantitative estimate of drug-likeness (QED) is 0.194. The minimum Gasteiger partial charge on any atom is -0.494 e. The summed E-state index contributed by atoms with van der Waals surface area (Å²) in [6.45, 7) is 7.66. The largest absolute Gasteiger partial charge is 0.494 e. The van der Waals surface area contributed by atoms with E-state index in [0.29, 0.717) is 58.1 Å². The second kappa shape index (κ2) is 11.3. The Morgan fingerprint density at radius 1 is 1.07 bits per heavy atom. The summed E-state index contributed by atoms with van der Waals surface area (Å²) in [5.41, 5.74) is 5.77. The lowest BCUT2D eigenvalue weighted by Gasteiger charge is -2.26. The molecule has 2 saturated heterocycles. The van der Waals surface area contributed by atoms with Gasteiger partial charge in [0.2, 0.25) is 17.7 Å². The van der Waals surface area contributed by atoms with Crippen LogP contribution in [0.1, 0.15) is 18.9 Å². The number of methoxy groups -OCH3 is 1. The van der Waals surface area contributed by atoms with Gasteiger partial charge in [0, 0.05) is 67.1 Å². The molecule has 11 heteroatoms. The number of carbonyl (C=O) groups is 1. The number of oxazole rings is 1. The summed E-state index contributed by atoms with van der Waals surface area (Å²) in [5.74, 6) is 2.35. The number of likely N-dealkylation sites (tertiary alicyclic amines) is 1. The highest BCUT2D eigenvalue weighted by Gasteiger charge is 2.39. The number of amides is 1. The highest BCUT2D eigenvalue weighted by atomic mass is 16.5. The van der Waals surface area contributed by atoms with Crippen LogP contribution < -0.4 is 20.3 Å². The molecular formula is C35H36N8O3. The van der Waals surface area contributed by atoms with E-state index in [1.807, 2.05) is 18.2 Å². The molecule has 5 aromatic rings. The van der Waals surface area contributed by atoms with Gasteiger partial charge in [-0.15, -0.1) is 0 Å². The first-order valence-electron chi connectivity index (χ1n) is 15.7. The Balaban J connectivity index is 1.20. The van der Waals surface area contributed by atoms with Gasteiger partial charge in [-0.05, 0) is 49.9 Å². The monoisotopic (exact) mass is 616 g/mol. The van der Waals surface area contributed by atoms with Gasteiger partial charge in [0.25, 0.3) is 0 Å². The molecule has 3 fully saturated rings. The molecule has 46 heavy (non-hydrogen) atoms. The molecule has 1 aliphatic carbocycles. The van der Waals surface area contributed by atoms with Crippen LogP contribution in [-0.2, 0) is 4.79 Å². The van der Waals surface area contributed by atoms with E-state index in [2.05, 4.69) is 73.0 Å². The number of para-hydroxylation sites is 1. The van der Waals surface area contributed by atoms with E-state index in [0.717, 1.165) is 55.7 Å². The zero-order valence-electron chi connectivity index (χ0n) is 25.9. The van der Waals surface area contributed by atoms with Crippen molar-refractivity contribution in [3.8, 4) is 28.5 Å². The number of hydrogen-bond acceptors (Lipinski definition) is 9. The maximum atomic E-state index is 12.6. The lowest BCUT2D eigenvalue weighted by Crippen LogP contribution is -2.27. The summed E-state index contributed by atoms with van der Waals surface area (Å²) in [4.78, 5) is 31.5.